The van der Waals surface area contributed by atoms with E-state index in [1.165, 1.54) is 4.90 Å². The first-order chi connectivity index (χ1) is 10.3. The quantitative estimate of drug-likeness (QED) is 0.783. The summed E-state index contributed by atoms with van der Waals surface area (Å²) in [6, 6.07) is 0.662. The predicted molar refractivity (Wildman–Crippen MR) is 71.8 cm³/mol. The van der Waals surface area contributed by atoms with Gasteiger partial charge in [0.15, 0.2) is 0 Å². The molecule has 1 aliphatic rings. The number of nitrogens with zero attached hydrogens (tertiary/aromatic N) is 1. The Balaban J connectivity index is 2.02. The van der Waals surface area contributed by atoms with Crippen LogP contribution in [0.15, 0.2) is 17.1 Å². The highest BCUT2D eigenvalue weighted by Crippen LogP contribution is 2.28. The second-order valence-electron chi connectivity index (χ2n) is 5.16. The molecule has 1 unspecified atom stereocenters. The lowest BCUT2D eigenvalue weighted by Crippen LogP contribution is -2.52. The number of alkyl halides is 3. The zero-order chi connectivity index (χ0) is 16.3. The molecule has 0 bridgehead atoms. The lowest BCUT2D eigenvalue weighted by molar-refractivity contribution is -0.137. The molecule has 22 heavy (non-hydrogen) atoms. The van der Waals surface area contributed by atoms with Gasteiger partial charge in [-0.1, -0.05) is 0 Å². The number of aromatic amines is 1. The maximum Gasteiger partial charge on any atom is 0.417 e. The van der Waals surface area contributed by atoms with Gasteiger partial charge in [-0.15, -0.1) is 0 Å². The Labute approximate surface area is 123 Å². The number of hydrogen-bond donors (Lipinski definition) is 3. The smallest absolute Gasteiger partial charge is 0.417 e. The Morgan fingerprint density at radius 1 is 1.45 bits per heavy atom. The fourth-order valence-corrected chi connectivity index (χ4v) is 2.40. The number of aromatic nitrogens is 1. The van der Waals surface area contributed by atoms with E-state index in [1.807, 2.05) is 0 Å². The van der Waals surface area contributed by atoms with Crippen LogP contribution < -0.4 is 10.9 Å². The third-order valence-electron chi connectivity index (χ3n) is 3.60. The molecular weight excluding hydrogens is 303 g/mol. The fourth-order valence-electron chi connectivity index (χ4n) is 2.40. The molecule has 1 saturated heterocycles. The summed E-state index contributed by atoms with van der Waals surface area (Å²) < 4.78 is 37.9. The second kappa shape index (κ2) is 6.39. The van der Waals surface area contributed by atoms with Crippen molar-refractivity contribution in [1.29, 1.82) is 0 Å². The van der Waals surface area contributed by atoms with Gasteiger partial charge >= 0.3 is 12.3 Å². The highest BCUT2D eigenvalue weighted by Gasteiger charge is 2.31. The van der Waals surface area contributed by atoms with Crippen molar-refractivity contribution < 1.29 is 23.1 Å². The van der Waals surface area contributed by atoms with Crippen LogP contribution in [0.1, 0.15) is 17.5 Å². The molecule has 122 valence electrons. The third kappa shape index (κ3) is 4.00. The summed E-state index contributed by atoms with van der Waals surface area (Å²) in [7, 11) is 0. The van der Waals surface area contributed by atoms with Gasteiger partial charge in [0.2, 0.25) is 0 Å². The molecule has 1 atom stereocenters. The molecule has 3 N–H and O–H groups in total. The molecule has 1 aliphatic heterocycles. The van der Waals surface area contributed by atoms with E-state index in [1.54, 1.807) is 0 Å². The van der Waals surface area contributed by atoms with Crippen molar-refractivity contribution in [3.05, 3.63) is 33.7 Å². The third-order valence-corrected chi connectivity index (χ3v) is 3.60. The molecule has 2 rings (SSSR count). The summed E-state index contributed by atoms with van der Waals surface area (Å²) in [4.78, 5) is 25.8. The maximum absolute atomic E-state index is 12.6. The molecular formula is C13H16F3N3O3. The van der Waals surface area contributed by atoms with E-state index >= 15 is 0 Å². The molecule has 0 radical (unpaired) electrons. The zero-order valence-corrected chi connectivity index (χ0v) is 11.6. The van der Waals surface area contributed by atoms with Crippen LogP contribution >= 0.6 is 0 Å². The minimum Gasteiger partial charge on any atom is -0.465 e. The summed E-state index contributed by atoms with van der Waals surface area (Å²) in [6.45, 7) is 1.11. The zero-order valence-electron chi connectivity index (χ0n) is 11.6. The first-order valence-electron chi connectivity index (χ1n) is 6.77. The van der Waals surface area contributed by atoms with Crippen molar-refractivity contribution in [2.45, 2.75) is 25.1 Å². The largest absolute Gasteiger partial charge is 0.465 e. The highest BCUT2D eigenvalue weighted by atomic mass is 19.4. The van der Waals surface area contributed by atoms with E-state index in [0.29, 0.717) is 25.7 Å². The van der Waals surface area contributed by atoms with E-state index in [9.17, 15) is 22.8 Å². The van der Waals surface area contributed by atoms with Crippen molar-refractivity contribution in [2.24, 2.45) is 0 Å². The fraction of sp³-hybridized carbons (Fsp3) is 0.538. The van der Waals surface area contributed by atoms with Crippen LogP contribution in [0.25, 0.3) is 0 Å². The number of carbonyl (C=O) groups is 1. The number of hydrogen-bond acceptors (Lipinski definition) is 3. The van der Waals surface area contributed by atoms with Gasteiger partial charge < -0.3 is 20.3 Å². The summed E-state index contributed by atoms with van der Waals surface area (Å²) in [5.74, 6) is 0. The van der Waals surface area contributed by atoms with E-state index in [-0.39, 0.29) is 24.6 Å². The molecule has 0 aliphatic carbocycles. The van der Waals surface area contributed by atoms with Gasteiger partial charge in [0.1, 0.15) is 0 Å². The molecule has 6 nitrogen and oxygen atoms in total. The molecule has 1 aromatic rings. The molecule has 0 spiro atoms. The Kier molecular flexibility index (Phi) is 4.74. The second-order valence-corrected chi connectivity index (χ2v) is 5.16. The van der Waals surface area contributed by atoms with E-state index < -0.39 is 23.4 Å². The number of H-pyrrole nitrogens is 1. The van der Waals surface area contributed by atoms with Crippen LogP contribution in [0.2, 0.25) is 0 Å². The van der Waals surface area contributed by atoms with Crippen molar-refractivity contribution in [2.75, 3.05) is 19.6 Å². The Morgan fingerprint density at radius 2 is 2.18 bits per heavy atom. The lowest BCUT2D eigenvalue weighted by Gasteiger charge is -2.31. The average molecular weight is 319 g/mol. The Bertz CT molecular complexity index is 600. The van der Waals surface area contributed by atoms with Crippen LogP contribution in [0.5, 0.6) is 0 Å². The van der Waals surface area contributed by atoms with Gasteiger partial charge in [-0.05, 0) is 18.9 Å². The van der Waals surface area contributed by atoms with Gasteiger partial charge in [0, 0.05) is 37.4 Å². The Morgan fingerprint density at radius 3 is 2.82 bits per heavy atom. The molecule has 0 saturated carbocycles. The molecule has 9 heteroatoms. The van der Waals surface area contributed by atoms with E-state index in [0.717, 1.165) is 6.07 Å². The van der Waals surface area contributed by atoms with Gasteiger partial charge in [-0.2, -0.15) is 13.2 Å². The van der Waals surface area contributed by atoms with Crippen molar-refractivity contribution in [1.82, 2.24) is 15.2 Å². The number of rotatable bonds is 3. The number of carboxylic acid groups (broad SMARTS) is 1. The first kappa shape index (κ1) is 16.3. The minimum absolute atomic E-state index is 0.0454. The summed E-state index contributed by atoms with van der Waals surface area (Å²) >= 11 is 0. The summed E-state index contributed by atoms with van der Waals surface area (Å²) in [5.41, 5.74) is -1.41. The van der Waals surface area contributed by atoms with Crippen molar-refractivity contribution in [3.63, 3.8) is 0 Å². The molecule has 1 aromatic heterocycles. The normalized spacial score (nSPS) is 19.2. The van der Waals surface area contributed by atoms with Gasteiger partial charge in [-0.3, -0.25) is 4.79 Å². The number of aryl methyl sites for hydroxylation is 1. The molecule has 2 heterocycles. The van der Waals surface area contributed by atoms with E-state index in [4.69, 9.17) is 5.11 Å². The van der Waals surface area contributed by atoms with E-state index in [2.05, 4.69) is 10.3 Å². The van der Waals surface area contributed by atoms with Gasteiger partial charge in [0.25, 0.3) is 5.56 Å². The van der Waals surface area contributed by atoms with Crippen molar-refractivity contribution >= 4 is 6.09 Å². The molecule has 1 amide bonds. The summed E-state index contributed by atoms with van der Waals surface area (Å²) in [6.07, 6.45) is -4.36. The van der Waals surface area contributed by atoms with Gasteiger partial charge in [0.05, 0.1) is 5.56 Å². The number of halogens is 3. The Hall–Kier alpha value is -2.03. The van der Waals surface area contributed by atoms with Gasteiger partial charge in [-0.25, -0.2) is 4.79 Å². The van der Waals surface area contributed by atoms with Crippen LogP contribution in [0.3, 0.4) is 0 Å². The number of nitrogens with one attached hydrogen (secondary N) is 2. The number of amides is 1. The number of pyridine rings is 1. The summed E-state index contributed by atoms with van der Waals surface area (Å²) in [5, 5.41) is 12.0. The number of piperazine rings is 1. The topological polar surface area (TPSA) is 85.4 Å². The molecule has 0 aromatic carbocycles. The first-order valence-corrected chi connectivity index (χ1v) is 6.77. The van der Waals surface area contributed by atoms with Crippen LogP contribution in [-0.2, 0) is 12.6 Å². The molecule has 1 fully saturated rings. The van der Waals surface area contributed by atoms with Crippen LogP contribution in [0, 0.1) is 0 Å². The highest BCUT2D eigenvalue weighted by molar-refractivity contribution is 5.65. The monoisotopic (exact) mass is 319 g/mol. The van der Waals surface area contributed by atoms with Crippen LogP contribution in [-0.4, -0.2) is 46.8 Å². The predicted octanol–water partition coefficient (Wildman–Crippen LogP) is 1.28. The standard InChI is InChI=1S/C13H16F3N3O3/c14-13(15,16)9-5-8(11(20)18-6-9)1-2-10-7-19(12(21)22)4-3-17-10/h5-6,10,17H,1-4,7H2,(H,18,20)(H,21,22). The SMILES string of the molecule is O=C(O)N1CCNC(CCc2cc(C(F)(F)F)c[nH]c2=O)C1. The average Bonchev–Trinajstić information content (AvgIpc) is 2.45. The van der Waals surface area contributed by atoms with Crippen molar-refractivity contribution in [3.8, 4) is 0 Å². The maximum atomic E-state index is 12.6. The van der Waals surface area contributed by atoms with Crippen LogP contribution in [0.4, 0.5) is 18.0 Å². The minimum atomic E-state index is -4.51. The lowest BCUT2D eigenvalue weighted by atomic mass is 10.0.